The van der Waals surface area contributed by atoms with Gasteiger partial charge >= 0.3 is 0 Å². The Balaban J connectivity index is 2.50. The van der Waals surface area contributed by atoms with Gasteiger partial charge in [-0.2, -0.15) is 0 Å². The predicted molar refractivity (Wildman–Crippen MR) is 63.0 cm³/mol. The minimum absolute atomic E-state index is 0.0992. The largest absolute Gasteiger partial charge is 0.352 e. The van der Waals surface area contributed by atoms with Gasteiger partial charge in [-0.25, -0.2) is 0 Å². The highest BCUT2D eigenvalue weighted by molar-refractivity contribution is 5.94. The van der Waals surface area contributed by atoms with E-state index >= 15 is 0 Å². The average molecular weight is 206 g/mol. The van der Waals surface area contributed by atoms with E-state index < -0.39 is 0 Å². The van der Waals surface area contributed by atoms with E-state index in [9.17, 15) is 4.79 Å². The fourth-order valence-corrected chi connectivity index (χ4v) is 1.19. The topological polar surface area (TPSA) is 29.1 Å². The standard InChI is InChI=1S/C13H19NO/c1-10(2)8-9-14-13(15)12-6-4-11(3)5-7-12/h4-7,10H,8-9H2,1-3H3,(H,14,15)/i8D/t8-/m1/s1. The van der Waals surface area contributed by atoms with E-state index in [1.165, 1.54) is 0 Å². The molecule has 0 aromatic heterocycles. The first-order valence-electron chi connectivity index (χ1n) is 5.85. The van der Waals surface area contributed by atoms with Crippen molar-refractivity contribution in [2.24, 2.45) is 5.92 Å². The molecule has 0 spiro atoms. The van der Waals surface area contributed by atoms with Crippen molar-refractivity contribution in [3.05, 3.63) is 35.4 Å². The quantitative estimate of drug-likeness (QED) is 0.806. The van der Waals surface area contributed by atoms with Gasteiger partial charge in [0.25, 0.3) is 5.91 Å². The van der Waals surface area contributed by atoms with E-state index in [0.29, 0.717) is 12.1 Å². The molecule has 1 N–H and O–H groups in total. The van der Waals surface area contributed by atoms with Gasteiger partial charge in [0.2, 0.25) is 0 Å². The highest BCUT2D eigenvalue weighted by atomic mass is 16.1. The van der Waals surface area contributed by atoms with Gasteiger partial charge in [-0.3, -0.25) is 4.79 Å². The normalized spacial score (nSPS) is 13.5. The number of carbonyl (C=O) groups is 1. The van der Waals surface area contributed by atoms with Gasteiger partial charge in [-0.15, -0.1) is 0 Å². The maximum Gasteiger partial charge on any atom is 0.251 e. The zero-order valence-electron chi connectivity index (χ0n) is 10.6. The van der Waals surface area contributed by atoms with Gasteiger partial charge in [0, 0.05) is 13.5 Å². The number of aryl methyl sites for hydroxylation is 1. The molecular weight excluding hydrogens is 186 g/mol. The SMILES string of the molecule is [2H][C@H](CNC(=O)c1ccc(C)cc1)C(C)C. The maximum absolute atomic E-state index is 11.7. The number of amides is 1. The molecule has 0 bridgehead atoms. The Bertz CT molecular complexity index is 345. The molecule has 0 heterocycles. The summed E-state index contributed by atoms with van der Waals surface area (Å²) in [6, 6.07) is 7.43. The molecule has 82 valence electrons. The highest BCUT2D eigenvalue weighted by Crippen LogP contribution is 2.03. The fraction of sp³-hybridized carbons (Fsp3) is 0.462. The Morgan fingerprint density at radius 1 is 1.40 bits per heavy atom. The van der Waals surface area contributed by atoms with Gasteiger partial charge in [0.1, 0.15) is 0 Å². The molecule has 0 aliphatic rings. The zero-order valence-corrected chi connectivity index (χ0v) is 9.58. The van der Waals surface area contributed by atoms with Crippen molar-refractivity contribution in [1.82, 2.24) is 5.32 Å². The third-order valence-corrected chi connectivity index (χ3v) is 2.17. The summed E-state index contributed by atoms with van der Waals surface area (Å²) in [5, 5.41) is 2.77. The molecule has 15 heavy (non-hydrogen) atoms. The third kappa shape index (κ3) is 4.15. The molecule has 2 nitrogen and oxygen atoms in total. The lowest BCUT2D eigenvalue weighted by atomic mass is 10.1. The Morgan fingerprint density at radius 3 is 2.53 bits per heavy atom. The molecule has 2 heteroatoms. The highest BCUT2D eigenvalue weighted by Gasteiger charge is 2.03. The molecule has 1 aromatic carbocycles. The molecule has 0 fully saturated rings. The van der Waals surface area contributed by atoms with Gasteiger partial charge < -0.3 is 5.32 Å². The fourth-order valence-electron chi connectivity index (χ4n) is 1.19. The van der Waals surface area contributed by atoms with Gasteiger partial charge in [-0.1, -0.05) is 31.5 Å². The summed E-state index contributed by atoms with van der Waals surface area (Å²) in [6.45, 7) is 6.36. The first-order valence-corrected chi connectivity index (χ1v) is 5.28. The molecule has 1 rings (SSSR count). The van der Waals surface area contributed by atoms with Crippen LogP contribution in [0.25, 0.3) is 0 Å². The van der Waals surface area contributed by atoms with E-state index in [4.69, 9.17) is 1.37 Å². The minimum Gasteiger partial charge on any atom is -0.352 e. The smallest absolute Gasteiger partial charge is 0.251 e. The molecule has 0 unspecified atom stereocenters. The molecule has 0 saturated carbocycles. The summed E-state index contributed by atoms with van der Waals surface area (Å²) in [7, 11) is 0. The summed E-state index contributed by atoms with van der Waals surface area (Å²) in [5.74, 6) is 0.163. The number of carbonyl (C=O) groups excluding carboxylic acids is 1. The molecule has 0 aliphatic heterocycles. The van der Waals surface area contributed by atoms with Crippen LogP contribution in [0, 0.1) is 12.8 Å². The zero-order chi connectivity index (χ0) is 12.1. The van der Waals surface area contributed by atoms with Crippen molar-refractivity contribution < 1.29 is 6.17 Å². The molecule has 1 atom stereocenters. The summed E-state index contributed by atoms with van der Waals surface area (Å²) < 4.78 is 7.70. The molecule has 1 aromatic rings. The first-order chi connectivity index (χ1) is 7.50. The van der Waals surface area contributed by atoms with Crippen LogP contribution in [0.3, 0.4) is 0 Å². The van der Waals surface area contributed by atoms with E-state index in [1.54, 1.807) is 12.1 Å². The second-order valence-corrected chi connectivity index (χ2v) is 4.06. The predicted octanol–water partition coefficient (Wildman–Crippen LogP) is 2.77. The lowest BCUT2D eigenvalue weighted by Crippen LogP contribution is -2.25. The molecule has 0 aliphatic carbocycles. The van der Waals surface area contributed by atoms with Crippen molar-refractivity contribution in [2.45, 2.75) is 27.2 Å². The van der Waals surface area contributed by atoms with E-state index in [2.05, 4.69) is 5.32 Å². The van der Waals surface area contributed by atoms with Crippen molar-refractivity contribution in [1.29, 1.82) is 0 Å². The number of hydrogen-bond donors (Lipinski definition) is 1. The number of rotatable bonds is 4. The van der Waals surface area contributed by atoms with Crippen molar-refractivity contribution in [2.75, 3.05) is 6.54 Å². The van der Waals surface area contributed by atoms with Crippen molar-refractivity contribution in [3.63, 3.8) is 0 Å². The van der Waals surface area contributed by atoms with Crippen molar-refractivity contribution in [3.8, 4) is 0 Å². The van der Waals surface area contributed by atoms with Crippen LogP contribution in [-0.2, 0) is 0 Å². The van der Waals surface area contributed by atoms with Crippen LogP contribution in [0.4, 0.5) is 0 Å². The van der Waals surface area contributed by atoms with E-state index in [0.717, 1.165) is 5.56 Å². The third-order valence-electron chi connectivity index (χ3n) is 2.17. The Labute approximate surface area is 93.1 Å². The van der Waals surface area contributed by atoms with Crippen LogP contribution in [-0.4, -0.2) is 12.5 Å². The van der Waals surface area contributed by atoms with Crippen LogP contribution in [0.15, 0.2) is 24.3 Å². The Hall–Kier alpha value is -1.31. The van der Waals surface area contributed by atoms with Gasteiger partial charge in [0.05, 0.1) is 0 Å². The lowest BCUT2D eigenvalue weighted by Gasteiger charge is -2.07. The van der Waals surface area contributed by atoms with E-state index in [1.807, 2.05) is 32.9 Å². The molecule has 0 saturated heterocycles. The van der Waals surface area contributed by atoms with E-state index in [-0.39, 0.29) is 18.2 Å². The molecule has 0 radical (unpaired) electrons. The summed E-state index contributed by atoms with van der Waals surface area (Å²) in [5.41, 5.74) is 1.79. The number of nitrogens with one attached hydrogen (secondary N) is 1. The van der Waals surface area contributed by atoms with Crippen LogP contribution in [0.5, 0.6) is 0 Å². The van der Waals surface area contributed by atoms with Crippen LogP contribution in [0.2, 0.25) is 0 Å². The molecular formula is C13H19NO. The van der Waals surface area contributed by atoms with Gasteiger partial charge in [0.15, 0.2) is 0 Å². The number of hydrogen-bond acceptors (Lipinski definition) is 1. The Morgan fingerprint density at radius 2 is 2.00 bits per heavy atom. The second-order valence-electron chi connectivity index (χ2n) is 4.06. The van der Waals surface area contributed by atoms with Crippen molar-refractivity contribution >= 4 is 5.91 Å². The van der Waals surface area contributed by atoms with Crippen LogP contribution < -0.4 is 5.32 Å². The monoisotopic (exact) mass is 206 g/mol. The van der Waals surface area contributed by atoms with Crippen LogP contribution in [0.1, 0.15) is 37.5 Å². The lowest BCUT2D eigenvalue weighted by molar-refractivity contribution is 0.0952. The summed E-state index contributed by atoms with van der Waals surface area (Å²) in [6.07, 6.45) is -0.241. The summed E-state index contributed by atoms with van der Waals surface area (Å²) >= 11 is 0. The van der Waals surface area contributed by atoms with Gasteiger partial charge in [-0.05, 0) is 31.4 Å². The minimum atomic E-state index is -0.241. The Kier molecular flexibility index (Phi) is 3.77. The summed E-state index contributed by atoms with van der Waals surface area (Å²) in [4.78, 5) is 11.7. The average Bonchev–Trinajstić information content (AvgIpc) is 2.26. The number of benzene rings is 1. The first kappa shape index (κ1) is 10.2. The second kappa shape index (κ2) is 5.54. The molecule has 1 amide bonds. The van der Waals surface area contributed by atoms with Crippen LogP contribution >= 0.6 is 0 Å². The maximum atomic E-state index is 11.7.